The monoisotopic (exact) mass is 404 g/mol. The minimum absolute atomic E-state index is 0.218. The molecule has 1 amide bonds. The van der Waals surface area contributed by atoms with Crippen LogP contribution in [0, 0.1) is 25.5 Å². The number of aliphatic imine (C=N–C) groups is 1. The van der Waals surface area contributed by atoms with E-state index in [1.165, 1.54) is 18.2 Å². The Labute approximate surface area is 174 Å². The first-order valence-electron chi connectivity index (χ1n) is 9.87. The van der Waals surface area contributed by atoms with Crippen LogP contribution in [0.1, 0.15) is 40.4 Å². The minimum Gasteiger partial charge on any atom is -0.305 e. The maximum atomic E-state index is 14.1. The molecule has 0 bridgehead atoms. The van der Waals surface area contributed by atoms with E-state index in [-0.39, 0.29) is 17.5 Å². The normalized spacial score (nSPS) is 17.2. The van der Waals surface area contributed by atoms with Gasteiger partial charge in [0.25, 0.3) is 5.91 Å². The van der Waals surface area contributed by atoms with Crippen LogP contribution in [-0.4, -0.2) is 17.7 Å². The van der Waals surface area contributed by atoms with Crippen molar-refractivity contribution in [2.45, 2.75) is 33.2 Å². The van der Waals surface area contributed by atoms with Crippen LogP contribution in [0.5, 0.6) is 0 Å². The van der Waals surface area contributed by atoms with Crippen LogP contribution in [0.2, 0.25) is 0 Å². The van der Waals surface area contributed by atoms with Crippen molar-refractivity contribution in [3.8, 4) is 0 Å². The lowest BCUT2D eigenvalue weighted by atomic mass is 9.93. The van der Waals surface area contributed by atoms with Crippen molar-refractivity contribution in [3.05, 3.63) is 94.6 Å². The van der Waals surface area contributed by atoms with Crippen LogP contribution in [0.15, 0.2) is 65.7 Å². The predicted octanol–water partition coefficient (Wildman–Crippen LogP) is 6.14. The first-order chi connectivity index (χ1) is 14.3. The van der Waals surface area contributed by atoms with E-state index >= 15 is 0 Å². The first-order valence-corrected chi connectivity index (χ1v) is 9.87. The van der Waals surface area contributed by atoms with Gasteiger partial charge in [0.15, 0.2) is 0 Å². The Morgan fingerprint density at radius 1 is 1.00 bits per heavy atom. The number of nitrogens with zero attached hydrogens (tertiary/aromatic N) is 2. The van der Waals surface area contributed by atoms with E-state index in [0.29, 0.717) is 23.2 Å². The number of halogens is 2. The van der Waals surface area contributed by atoms with Gasteiger partial charge in [-0.2, -0.15) is 0 Å². The second-order valence-electron chi connectivity index (χ2n) is 7.75. The molecule has 5 heteroatoms. The van der Waals surface area contributed by atoms with E-state index in [1.54, 1.807) is 30.0 Å². The third-order valence-corrected chi connectivity index (χ3v) is 5.39. The molecule has 1 unspecified atom stereocenters. The van der Waals surface area contributed by atoms with Crippen molar-refractivity contribution in [3.63, 3.8) is 0 Å². The molecule has 0 aromatic heterocycles. The van der Waals surface area contributed by atoms with Crippen molar-refractivity contribution in [2.24, 2.45) is 4.99 Å². The van der Waals surface area contributed by atoms with Crippen LogP contribution in [-0.2, 0) is 0 Å². The predicted molar refractivity (Wildman–Crippen MR) is 116 cm³/mol. The van der Waals surface area contributed by atoms with E-state index in [0.717, 1.165) is 17.0 Å². The lowest BCUT2D eigenvalue weighted by molar-refractivity contribution is 0.0978. The molecule has 1 heterocycles. The Hall–Kier alpha value is -3.34. The van der Waals surface area contributed by atoms with E-state index in [2.05, 4.69) is 0 Å². The Morgan fingerprint density at radius 2 is 1.73 bits per heavy atom. The van der Waals surface area contributed by atoms with Crippen LogP contribution < -0.4 is 4.90 Å². The van der Waals surface area contributed by atoms with Gasteiger partial charge in [-0.25, -0.2) is 8.78 Å². The van der Waals surface area contributed by atoms with Gasteiger partial charge in [0.05, 0.1) is 17.1 Å². The van der Waals surface area contributed by atoms with E-state index in [1.807, 2.05) is 38.1 Å². The molecule has 0 saturated heterocycles. The van der Waals surface area contributed by atoms with Crippen LogP contribution in [0.4, 0.5) is 20.2 Å². The number of rotatable bonds is 2. The van der Waals surface area contributed by atoms with Gasteiger partial charge in [-0.3, -0.25) is 9.79 Å². The third kappa shape index (κ3) is 3.75. The number of aryl methyl sites for hydroxylation is 2. The molecule has 0 aliphatic carbocycles. The number of hydrogen-bond donors (Lipinski definition) is 0. The molecule has 3 nitrogen and oxygen atoms in total. The minimum atomic E-state index is -0.425. The summed E-state index contributed by atoms with van der Waals surface area (Å²) < 4.78 is 28.1. The highest BCUT2D eigenvalue weighted by Gasteiger charge is 2.32. The lowest BCUT2D eigenvalue weighted by Crippen LogP contribution is -2.44. The Balaban J connectivity index is 1.79. The largest absolute Gasteiger partial charge is 0.305 e. The summed E-state index contributed by atoms with van der Waals surface area (Å²) in [5, 5.41) is 0. The molecule has 0 saturated carbocycles. The number of benzene rings is 3. The van der Waals surface area contributed by atoms with Crippen molar-refractivity contribution >= 4 is 23.0 Å². The van der Waals surface area contributed by atoms with Crippen LogP contribution in [0.25, 0.3) is 0 Å². The van der Waals surface area contributed by atoms with Gasteiger partial charge in [0.1, 0.15) is 11.6 Å². The van der Waals surface area contributed by atoms with Crippen molar-refractivity contribution in [1.29, 1.82) is 0 Å². The molecular weight excluding hydrogens is 382 g/mol. The first kappa shape index (κ1) is 20.0. The summed E-state index contributed by atoms with van der Waals surface area (Å²) in [6, 6.07) is 16.3. The third-order valence-electron chi connectivity index (χ3n) is 5.39. The van der Waals surface area contributed by atoms with Gasteiger partial charge < -0.3 is 4.90 Å². The molecule has 3 aromatic carbocycles. The van der Waals surface area contributed by atoms with Crippen molar-refractivity contribution in [2.75, 3.05) is 4.90 Å². The molecule has 152 valence electrons. The van der Waals surface area contributed by atoms with Crippen LogP contribution >= 0.6 is 0 Å². The summed E-state index contributed by atoms with van der Waals surface area (Å²) in [5.41, 5.74) is 4.52. The zero-order chi connectivity index (χ0) is 21.4. The number of fused-ring (bicyclic) bond motifs is 1. The second kappa shape index (κ2) is 7.82. The molecule has 3 aromatic rings. The molecule has 0 N–H and O–H groups in total. The Morgan fingerprint density at radius 3 is 2.43 bits per heavy atom. The smallest absolute Gasteiger partial charge is 0.258 e. The lowest BCUT2D eigenvalue weighted by Gasteiger charge is -2.36. The number of carbonyl (C=O) groups excluding carboxylic acids is 1. The van der Waals surface area contributed by atoms with Crippen molar-refractivity contribution in [1.82, 2.24) is 0 Å². The molecule has 1 atom stereocenters. The molecule has 30 heavy (non-hydrogen) atoms. The fourth-order valence-electron chi connectivity index (χ4n) is 3.72. The average molecular weight is 404 g/mol. The maximum Gasteiger partial charge on any atom is 0.258 e. The average Bonchev–Trinajstić information content (AvgIpc) is 2.72. The maximum absolute atomic E-state index is 14.1. The van der Waals surface area contributed by atoms with Gasteiger partial charge in [0.2, 0.25) is 0 Å². The molecule has 1 aliphatic rings. The van der Waals surface area contributed by atoms with Crippen LogP contribution in [0.3, 0.4) is 0 Å². The molecule has 4 rings (SSSR count). The van der Waals surface area contributed by atoms with Gasteiger partial charge in [-0.1, -0.05) is 23.8 Å². The topological polar surface area (TPSA) is 32.7 Å². The fourth-order valence-corrected chi connectivity index (χ4v) is 3.72. The Bertz CT molecular complexity index is 1150. The molecule has 0 radical (unpaired) electrons. The summed E-state index contributed by atoms with van der Waals surface area (Å²) in [6.45, 7) is 5.57. The van der Waals surface area contributed by atoms with Crippen molar-refractivity contribution < 1.29 is 13.6 Å². The number of hydrogen-bond acceptors (Lipinski definition) is 2. The number of anilines is 1. The standard InChI is InChI=1S/C25H22F2N2O/c1-15-4-9-20(10-5-15)28-23-12-17(3)29(24-11-8-19(26)14-21(23)24)25(30)18-7-6-16(2)22(27)13-18/h4-11,13-14,17H,12H2,1-3H3. The summed E-state index contributed by atoms with van der Waals surface area (Å²) in [5.74, 6) is -1.14. The highest BCUT2D eigenvalue weighted by Crippen LogP contribution is 2.34. The zero-order valence-electron chi connectivity index (χ0n) is 17.1. The van der Waals surface area contributed by atoms with E-state index < -0.39 is 11.6 Å². The SMILES string of the molecule is Cc1ccc(N=C2CC(C)N(C(=O)c3ccc(C)c(F)c3)c3ccc(F)cc32)cc1. The van der Waals surface area contributed by atoms with Gasteiger partial charge in [0, 0.05) is 23.6 Å². The van der Waals surface area contributed by atoms with E-state index in [9.17, 15) is 13.6 Å². The molecule has 0 fully saturated rings. The number of amides is 1. The fraction of sp³-hybridized carbons (Fsp3) is 0.200. The summed E-state index contributed by atoms with van der Waals surface area (Å²) in [7, 11) is 0. The molecular formula is C25H22F2N2O. The van der Waals surface area contributed by atoms with Gasteiger partial charge >= 0.3 is 0 Å². The van der Waals surface area contributed by atoms with E-state index in [4.69, 9.17) is 4.99 Å². The Kier molecular flexibility index (Phi) is 5.20. The number of carbonyl (C=O) groups is 1. The highest BCUT2D eigenvalue weighted by atomic mass is 19.1. The van der Waals surface area contributed by atoms with Gasteiger partial charge in [-0.05, 0) is 68.8 Å². The highest BCUT2D eigenvalue weighted by molar-refractivity contribution is 6.16. The quantitative estimate of drug-likeness (QED) is 0.505. The molecule has 0 spiro atoms. The summed E-state index contributed by atoms with van der Waals surface area (Å²) >= 11 is 0. The molecule has 1 aliphatic heterocycles. The second-order valence-corrected chi connectivity index (χ2v) is 7.75. The zero-order valence-corrected chi connectivity index (χ0v) is 17.1. The van der Waals surface area contributed by atoms with Gasteiger partial charge in [-0.15, -0.1) is 0 Å². The summed E-state index contributed by atoms with van der Waals surface area (Å²) in [6.07, 6.45) is 0.463. The summed E-state index contributed by atoms with van der Waals surface area (Å²) in [4.78, 5) is 19.6.